The summed E-state index contributed by atoms with van der Waals surface area (Å²) in [6, 6.07) is 11.5. The number of hydrogen-bond acceptors (Lipinski definition) is 4. The lowest BCUT2D eigenvalue weighted by Crippen LogP contribution is -2.49. The summed E-state index contributed by atoms with van der Waals surface area (Å²) in [5, 5.41) is 9.03. The van der Waals surface area contributed by atoms with E-state index in [-0.39, 0.29) is 5.91 Å². The minimum absolute atomic E-state index is 0.115. The van der Waals surface area contributed by atoms with Crippen LogP contribution in [-0.4, -0.2) is 43.3 Å². The number of nitriles is 1. The molecule has 1 heterocycles. The second kappa shape index (κ2) is 7.36. The molecule has 1 fully saturated rings. The SMILES string of the molecule is Cc1ccc(C#N)cc1C(=O)N1CCN(c2ccc(C=O)cc2F)CC1. The normalized spacial score (nSPS) is 14.0. The van der Waals surface area contributed by atoms with Crippen LogP contribution < -0.4 is 4.90 Å². The number of aryl methyl sites for hydroxylation is 1. The molecule has 1 aliphatic rings. The van der Waals surface area contributed by atoms with Gasteiger partial charge in [-0.15, -0.1) is 0 Å². The lowest BCUT2D eigenvalue weighted by molar-refractivity contribution is 0.0745. The second-order valence-corrected chi connectivity index (χ2v) is 6.25. The number of carbonyl (C=O) groups is 2. The van der Waals surface area contributed by atoms with Gasteiger partial charge in [0.25, 0.3) is 5.91 Å². The number of benzene rings is 2. The molecule has 1 saturated heterocycles. The Hall–Kier alpha value is -3.20. The molecule has 6 heteroatoms. The van der Waals surface area contributed by atoms with Crippen LogP contribution in [0.15, 0.2) is 36.4 Å². The molecule has 0 saturated carbocycles. The van der Waals surface area contributed by atoms with Crippen molar-refractivity contribution in [3.05, 3.63) is 64.5 Å². The first-order valence-electron chi connectivity index (χ1n) is 8.33. The van der Waals surface area contributed by atoms with Crippen molar-refractivity contribution in [2.24, 2.45) is 0 Å². The maximum absolute atomic E-state index is 14.2. The summed E-state index contributed by atoms with van der Waals surface area (Å²) in [5.41, 5.74) is 2.54. The van der Waals surface area contributed by atoms with Gasteiger partial charge in [-0.3, -0.25) is 9.59 Å². The molecule has 26 heavy (non-hydrogen) atoms. The van der Waals surface area contributed by atoms with Crippen molar-refractivity contribution in [2.45, 2.75) is 6.92 Å². The Labute approximate surface area is 151 Å². The van der Waals surface area contributed by atoms with Crippen LogP contribution in [0.25, 0.3) is 0 Å². The Morgan fingerprint density at radius 2 is 1.88 bits per heavy atom. The maximum Gasteiger partial charge on any atom is 0.254 e. The highest BCUT2D eigenvalue weighted by Crippen LogP contribution is 2.22. The van der Waals surface area contributed by atoms with Crippen molar-refractivity contribution >= 4 is 17.9 Å². The fourth-order valence-corrected chi connectivity index (χ4v) is 3.10. The van der Waals surface area contributed by atoms with Crippen LogP contribution in [0.1, 0.15) is 31.8 Å². The van der Waals surface area contributed by atoms with E-state index in [2.05, 4.69) is 6.07 Å². The summed E-state index contributed by atoms with van der Waals surface area (Å²) in [4.78, 5) is 27.1. The van der Waals surface area contributed by atoms with Gasteiger partial charge in [0.1, 0.15) is 12.1 Å². The molecular weight excluding hydrogens is 333 g/mol. The van der Waals surface area contributed by atoms with Crippen LogP contribution in [0.5, 0.6) is 0 Å². The molecule has 1 aliphatic heterocycles. The first kappa shape index (κ1) is 17.6. The Bertz CT molecular complexity index is 896. The molecule has 2 aromatic carbocycles. The molecular formula is C20H18FN3O2. The van der Waals surface area contributed by atoms with Gasteiger partial charge in [0.05, 0.1) is 17.3 Å². The topological polar surface area (TPSA) is 64.4 Å². The third-order valence-corrected chi connectivity index (χ3v) is 4.61. The average Bonchev–Trinajstić information content (AvgIpc) is 2.68. The van der Waals surface area contributed by atoms with Gasteiger partial charge in [-0.25, -0.2) is 4.39 Å². The lowest BCUT2D eigenvalue weighted by atomic mass is 10.0. The number of rotatable bonds is 3. The molecule has 2 aromatic rings. The van der Waals surface area contributed by atoms with Crippen LogP contribution in [0.4, 0.5) is 10.1 Å². The van der Waals surface area contributed by atoms with E-state index in [0.29, 0.717) is 54.8 Å². The van der Waals surface area contributed by atoms with Gasteiger partial charge < -0.3 is 9.80 Å². The molecule has 0 spiro atoms. The van der Waals surface area contributed by atoms with Gasteiger partial charge in [0, 0.05) is 37.3 Å². The molecule has 0 unspecified atom stereocenters. The molecule has 0 atom stereocenters. The zero-order valence-corrected chi connectivity index (χ0v) is 14.4. The molecule has 0 bridgehead atoms. The summed E-state index contributed by atoms with van der Waals surface area (Å²) < 4.78 is 14.2. The summed E-state index contributed by atoms with van der Waals surface area (Å²) in [6.07, 6.45) is 0.612. The quantitative estimate of drug-likeness (QED) is 0.798. The number of anilines is 1. The van der Waals surface area contributed by atoms with Crippen molar-refractivity contribution < 1.29 is 14.0 Å². The van der Waals surface area contributed by atoms with Gasteiger partial charge in [0.15, 0.2) is 0 Å². The molecule has 132 valence electrons. The maximum atomic E-state index is 14.2. The van der Waals surface area contributed by atoms with Crippen molar-refractivity contribution in [1.82, 2.24) is 4.90 Å². The van der Waals surface area contributed by atoms with Crippen LogP contribution in [0.2, 0.25) is 0 Å². The molecule has 5 nitrogen and oxygen atoms in total. The zero-order valence-electron chi connectivity index (χ0n) is 14.4. The summed E-state index contributed by atoms with van der Waals surface area (Å²) in [7, 11) is 0. The highest BCUT2D eigenvalue weighted by molar-refractivity contribution is 5.96. The number of piperazine rings is 1. The van der Waals surface area contributed by atoms with E-state index in [0.717, 1.165) is 5.56 Å². The largest absolute Gasteiger partial charge is 0.366 e. The minimum Gasteiger partial charge on any atom is -0.366 e. The Kier molecular flexibility index (Phi) is 4.99. The molecule has 0 N–H and O–H groups in total. The van der Waals surface area contributed by atoms with Crippen LogP contribution in [0, 0.1) is 24.1 Å². The van der Waals surface area contributed by atoms with Crippen LogP contribution in [0.3, 0.4) is 0 Å². The van der Waals surface area contributed by atoms with Crippen molar-refractivity contribution in [2.75, 3.05) is 31.1 Å². The van der Waals surface area contributed by atoms with Gasteiger partial charge >= 0.3 is 0 Å². The predicted octanol–water partition coefficient (Wildman–Crippen LogP) is 2.78. The van der Waals surface area contributed by atoms with E-state index in [4.69, 9.17) is 5.26 Å². The molecule has 0 radical (unpaired) electrons. The van der Waals surface area contributed by atoms with E-state index in [9.17, 15) is 14.0 Å². The third-order valence-electron chi connectivity index (χ3n) is 4.61. The summed E-state index contributed by atoms with van der Waals surface area (Å²) in [5.74, 6) is -0.553. The van der Waals surface area contributed by atoms with Crippen LogP contribution >= 0.6 is 0 Å². The molecule has 0 aliphatic carbocycles. The smallest absolute Gasteiger partial charge is 0.254 e. The van der Waals surface area contributed by atoms with Gasteiger partial charge in [-0.2, -0.15) is 5.26 Å². The Balaban J connectivity index is 1.72. The number of halogens is 1. The standard InChI is InChI=1S/C20H18FN3O2/c1-14-2-3-15(12-22)10-17(14)20(26)24-8-6-23(7-9-24)19-5-4-16(13-25)11-18(19)21/h2-5,10-11,13H,6-9H2,1H3. The van der Waals surface area contributed by atoms with Crippen molar-refractivity contribution in [1.29, 1.82) is 5.26 Å². The number of amides is 1. The van der Waals surface area contributed by atoms with Crippen molar-refractivity contribution in [3.63, 3.8) is 0 Å². The lowest BCUT2D eigenvalue weighted by Gasteiger charge is -2.36. The first-order chi connectivity index (χ1) is 12.5. The number of hydrogen-bond donors (Lipinski definition) is 0. The van der Waals surface area contributed by atoms with E-state index in [1.54, 1.807) is 35.2 Å². The fraction of sp³-hybridized carbons (Fsp3) is 0.250. The Morgan fingerprint density at radius 3 is 2.50 bits per heavy atom. The number of carbonyl (C=O) groups excluding carboxylic acids is 2. The predicted molar refractivity (Wildman–Crippen MR) is 95.8 cm³/mol. The van der Waals surface area contributed by atoms with Gasteiger partial charge in [-0.05, 0) is 42.8 Å². The highest BCUT2D eigenvalue weighted by atomic mass is 19.1. The summed E-state index contributed by atoms with van der Waals surface area (Å²) >= 11 is 0. The minimum atomic E-state index is -0.438. The van der Waals surface area contributed by atoms with E-state index < -0.39 is 5.82 Å². The van der Waals surface area contributed by atoms with Gasteiger partial charge in [0.2, 0.25) is 0 Å². The molecule has 3 rings (SSSR count). The fourth-order valence-electron chi connectivity index (χ4n) is 3.10. The first-order valence-corrected chi connectivity index (χ1v) is 8.33. The molecule has 0 aromatic heterocycles. The zero-order chi connectivity index (χ0) is 18.7. The monoisotopic (exact) mass is 351 g/mol. The Morgan fingerprint density at radius 1 is 1.15 bits per heavy atom. The summed E-state index contributed by atoms with van der Waals surface area (Å²) in [6.45, 7) is 3.77. The van der Waals surface area contributed by atoms with Crippen molar-refractivity contribution in [3.8, 4) is 6.07 Å². The molecule has 1 amide bonds. The number of aldehydes is 1. The van der Waals surface area contributed by atoms with E-state index >= 15 is 0 Å². The third kappa shape index (κ3) is 3.42. The van der Waals surface area contributed by atoms with Crippen LogP contribution in [-0.2, 0) is 0 Å². The average molecular weight is 351 g/mol. The van der Waals surface area contributed by atoms with Gasteiger partial charge in [-0.1, -0.05) is 6.07 Å². The number of nitrogens with zero attached hydrogens (tertiary/aromatic N) is 3. The highest BCUT2D eigenvalue weighted by Gasteiger charge is 2.24. The second-order valence-electron chi connectivity index (χ2n) is 6.25. The van der Waals surface area contributed by atoms with E-state index in [1.807, 2.05) is 11.8 Å². The van der Waals surface area contributed by atoms with E-state index in [1.165, 1.54) is 6.07 Å².